The van der Waals surface area contributed by atoms with Gasteiger partial charge in [-0.05, 0) is 94.6 Å². The third kappa shape index (κ3) is 8.53. The van der Waals surface area contributed by atoms with Crippen LogP contribution in [0.15, 0.2) is 84.9 Å². The van der Waals surface area contributed by atoms with Gasteiger partial charge in [0.05, 0.1) is 16.5 Å². The van der Waals surface area contributed by atoms with Crippen molar-refractivity contribution >= 4 is 16.9 Å². The average Bonchev–Trinajstić information content (AvgIpc) is 3.40. The van der Waals surface area contributed by atoms with Gasteiger partial charge in [0.2, 0.25) is 0 Å². The summed E-state index contributed by atoms with van der Waals surface area (Å²) in [7, 11) is -1.38. The second-order valence-corrected chi connectivity index (χ2v) is 15.2. The highest BCUT2D eigenvalue weighted by Crippen LogP contribution is 2.44. The molecule has 5 rings (SSSR count). The van der Waals surface area contributed by atoms with Crippen LogP contribution in [0.4, 0.5) is 0 Å². The van der Waals surface area contributed by atoms with Crippen LogP contribution in [0.5, 0.6) is 11.5 Å². The lowest BCUT2D eigenvalue weighted by Crippen LogP contribution is -2.36. The van der Waals surface area contributed by atoms with E-state index < -0.39 is 21.3 Å². The maximum Gasteiger partial charge on any atom is 0.270 e. The van der Waals surface area contributed by atoms with E-state index in [0.717, 1.165) is 28.0 Å². The van der Waals surface area contributed by atoms with E-state index in [1.54, 1.807) is 19.9 Å². The van der Waals surface area contributed by atoms with Crippen LogP contribution in [0.25, 0.3) is 11.3 Å². The highest BCUT2D eigenvalue weighted by molar-refractivity contribution is 7.84. The maximum absolute atomic E-state index is 13.7. The third-order valence-corrected chi connectivity index (χ3v) is 9.38. The second kappa shape index (κ2) is 14.2. The standard InChI is InChI=1S/C38H41N3O5S/c1-37(2,3)47(45)41-25-29-23-32(36(43)39-24-27-14-16-31(17-15-27)46-30-12-7-6-8-13-30)40-35(34(29)33(41)19-21-42)28-11-9-10-26(22-28)18-20-38(4,5)44/h6-17,22-23,33,42,44H,19,21,24-25H2,1-5H3,(H,39,43)/t33-,47-/m0/s1. The molecule has 0 radical (unpaired) electrons. The molecule has 2 atom stereocenters. The zero-order chi connectivity index (χ0) is 33.8. The van der Waals surface area contributed by atoms with E-state index in [1.807, 2.05) is 104 Å². The Kier molecular flexibility index (Phi) is 10.3. The molecule has 0 bridgehead atoms. The normalized spacial score (nSPS) is 15.3. The average molecular weight is 652 g/mol. The van der Waals surface area contributed by atoms with Crippen LogP contribution < -0.4 is 10.1 Å². The number of carbonyl (C=O) groups is 1. The number of carbonyl (C=O) groups excluding carboxylic acids is 1. The van der Waals surface area contributed by atoms with Crippen molar-refractivity contribution in [3.8, 4) is 34.6 Å². The van der Waals surface area contributed by atoms with Crippen LogP contribution in [-0.2, 0) is 24.1 Å². The van der Waals surface area contributed by atoms with E-state index in [4.69, 9.17) is 9.72 Å². The van der Waals surface area contributed by atoms with Crippen molar-refractivity contribution in [2.75, 3.05) is 6.61 Å². The number of pyridine rings is 1. The van der Waals surface area contributed by atoms with Gasteiger partial charge < -0.3 is 20.3 Å². The Bertz CT molecular complexity index is 1820. The first-order valence-electron chi connectivity index (χ1n) is 15.6. The number of para-hydroxylation sites is 1. The number of ether oxygens (including phenoxy) is 1. The maximum atomic E-state index is 13.7. The topological polar surface area (TPSA) is 112 Å². The Morgan fingerprint density at radius 2 is 1.70 bits per heavy atom. The number of amides is 1. The molecule has 0 saturated carbocycles. The molecule has 1 aliphatic heterocycles. The first kappa shape index (κ1) is 34.0. The zero-order valence-corrected chi connectivity index (χ0v) is 28.2. The Morgan fingerprint density at radius 3 is 2.36 bits per heavy atom. The minimum Gasteiger partial charge on any atom is -0.457 e. The Balaban J connectivity index is 1.47. The first-order chi connectivity index (χ1) is 22.3. The summed E-state index contributed by atoms with van der Waals surface area (Å²) in [5, 5.41) is 23.2. The van der Waals surface area contributed by atoms with Crippen molar-refractivity contribution < 1.29 is 24.0 Å². The summed E-state index contributed by atoms with van der Waals surface area (Å²) in [6.45, 7) is 9.54. The fraction of sp³-hybridized carbons (Fsp3) is 0.316. The van der Waals surface area contributed by atoms with Crippen LogP contribution in [0.3, 0.4) is 0 Å². The van der Waals surface area contributed by atoms with Crippen molar-refractivity contribution in [2.45, 2.75) is 70.5 Å². The lowest BCUT2D eigenvalue weighted by molar-refractivity contribution is 0.0945. The largest absolute Gasteiger partial charge is 0.457 e. The summed E-state index contributed by atoms with van der Waals surface area (Å²) in [5.74, 6) is 6.97. The number of nitrogens with zero attached hydrogens (tertiary/aromatic N) is 2. The van der Waals surface area contributed by atoms with E-state index in [1.165, 1.54) is 0 Å². The van der Waals surface area contributed by atoms with Gasteiger partial charge in [-0.3, -0.25) is 4.79 Å². The molecule has 1 aliphatic rings. The van der Waals surface area contributed by atoms with Crippen molar-refractivity contribution in [1.29, 1.82) is 0 Å². The van der Waals surface area contributed by atoms with Gasteiger partial charge in [-0.1, -0.05) is 54.3 Å². The van der Waals surface area contributed by atoms with Gasteiger partial charge >= 0.3 is 0 Å². The van der Waals surface area contributed by atoms with E-state index >= 15 is 0 Å². The highest BCUT2D eigenvalue weighted by Gasteiger charge is 2.40. The number of hydrogen-bond acceptors (Lipinski definition) is 6. The van der Waals surface area contributed by atoms with Crippen LogP contribution in [0.2, 0.25) is 0 Å². The van der Waals surface area contributed by atoms with E-state index in [0.29, 0.717) is 30.0 Å². The van der Waals surface area contributed by atoms with Gasteiger partial charge in [-0.2, -0.15) is 0 Å². The Hall–Kier alpha value is -4.33. The smallest absolute Gasteiger partial charge is 0.270 e. The molecule has 0 aliphatic carbocycles. The molecular weight excluding hydrogens is 611 g/mol. The van der Waals surface area contributed by atoms with Crippen molar-refractivity contribution in [2.24, 2.45) is 0 Å². The summed E-state index contributed by atoms with van der Waals surface area (Å²) in [5.41, 5.74) is 3.65. The molecular formula is C38H41N3O5S. The summed E-state index contributed by atoms with van der Waals surface area (Å²) in [6, 6.07) is 25.9. The van der Waals surface area contributed by atoms with Crippen molar-refractivity contribution in [3.63, 3.8) is 0 Å². The van der Waals surface area contributed by atoms with Crippen molar-refractivity contribution in [1.82, 2.24) is 14.6 Å². The fourth-order valence-electron chi connectivity index (χ4n) is 5.35. The number of benzene rings is 3. The SMILES string of the molecule is CC(C)(O)C#Cc1cccc(-c2nc(C(=O)NCc3ccc(Oc4ccccc4)cc3)cc3c2[C@H](CCO)N([S@@](=O)C(C)(C)C)C3)c1. The molecule has 0 fully saturated rings. The van der Waals surface area contributed by atoms with Crippen LogP contribution >= 0.6 is 0 Å². The van der Waals surface area contributed by atoms with E-state index in [2.05, 4.69) is 17.2 Å². The van der Waals surface area contributed by atoms with Gasteiger partial charge in [-0.25, -0.2) is 13.5 Å². The predicted octanol–water partition coefficient (Wildman–Crippen LogP) is 6.29. The molecule has 3 N–H and O–H groups in total. The monoisotopic (exact) mass is 651 g/mol. The number of nitrogens with one attached hydrogen (secondary N) is 1. The molecule has 8 nitrogen and oxygen atoms in total. The van der Waals surface area contributed by atoms with Crippen molar-refractivity contribution in [3.05, 3.63) is 113 Å². The van der Waals surface area contributed by atoms with Gasteiger partial charge in [-0.15, -0.1) is 0 Å². The molecule has 3 aromatic carbocycles. The number of aliphatic hydroxyl groups excluding tert-OH is 1. The highest BCUT2D eigenvalue weighted by atomic mass is 32.2. The number of fused-ring (bicyclic) bond motifs is 1. The molecule has 0 unspecified atom stereocenters. The number of hydrogen-bond donors (Lipinski definition) is 3. The minimum atomic E-state index is -1.38. The quantitative estimate of drug-likeness (QED) is 0.183. The molecule has 47 heavy (non-hydrogen) atoms. The molecule has 0 saturated heterocycles. The lowest BCUT2D eigenvalue weighted by atomic mass is 9.95. The van der Waals surface area contributed by atoms with Crippen LogP contribution in [0.1, 0.15) is 79.8 Å². The number of aliphatic hydroxyl groups is 2. The zero-order valence-electron chi connectivity index (χ0n) is 27.4. The summed E-state index contributed by atoms with van der Waals surface area (Å²) in [6.07, 6.45) is 0.358. The summed E-state index contributed by atoms with van der Waals surface area (Å²) < 4.78 is 21.0. The first-order valence-corrected chi connectivity index (χ1v) is 16.7. The Morgan fingerprint density at radius 1 is 1.00 bits per heavy atom. The fourth-order valence-corrected chi connectivity index (χ4v) is 6.75. The molecule has 2 heterocycles. The number of rotatable bonds is 9. The molecule has 1 amide bonds. The van der Waals surface area contributed by atoms with E-state index in [9.17, 15) is 19.2 Å². The van der Waals surface area contributed by atoms with Crippen LogP contribution in [0, 0.1) is 11.8 Å². The van der Waals surface area contributed by atoms with Gasteiger partial charge in [0.15, 0.2) is 0 Å². The predicted molar refractivity (Wildman–Crippen MR) is 185 cm³/mol. The molecule has 244 valence electrons. The molecule has 9 heteroatoms. The third-order valence-electron chi connectivity index (χ3n) is 7.53. The lowest BCUT2D eigenvalue weighted by Gasteiger charge is -2.30. The van der Waals surface area contributed by atoms with Gasteiger partial charge in [0, 0.05) is 36.4 Å². The number of aromatic nitrogens is 1. The molecule has 4 aromatic rings. The van der Waals surface area contributed by atoms with Gasteiger partial charge in [0.25, 0.3) is 5.91 Å². The Labute approximate surface area is 279 Å². The minimum absolute atomic E-state index is 0.101. The van der Waals surface area contributed by atoms with Crippen LogP contribution in [-0.4, -0.2) is 46.6 Å². The van der Waals surface area contributed by atoms with E-state index in [-0.39, 0.29) is 30.8 Å². The summed E-state index contributed by atoms with van der Waals surface area (Å²) >= 11 is 0. The van der Waals surface area contributed by atoms with Gasteiger partial charge in [0.1, 0.15) is 33.8 Å². The second-order valence-electron chi connectivity index (χ2n) is 13.0. The molecule has 0 spiro atoms. The molecule has 1 aromatic heterocycles. The summed E-state index contributed by atoms with van der Waals surface area (Å²) in [4.78, 5) is 18.5.